The maximum Gasteiger partial charge on any atom is 0.329 e. The molecule has 26 heavy (non-hydrogen) atoms. The number of benzene rings is 1. The van der Waals surface area contributed by atoms with E-state index in [1.165, 1.54) is 11.3 Å². The normalized spacial score (nSPS) is 11.1. The molecule has 0 fully saturated rings. The zero-order valence-corrected chi connectivity index (χ0v) is 16.8. The van der Waals surface area contributed by atoms with Crippen molar-refractivity contribution in [3.63, 3.8) is 0 Å². The van der Waals surface area contributed by atoms with Crippen LogP contribution in [0.3, 0.4) is 0 Å². The lowest BCUT2D eigenvalue weighted by molar-refractivity contribution is 0.0823. The molecule has 0 aliphatic carbocycles. The summed E-state index contributed by atoms with van der Waals surface area (Å²) in [5, 5.41) is 22.0. The van der Waals surface area contributed by atoms with E-state index in [9.17, 15) is 9.90 Å². The Morgan fingerprint density at radius 2 is 1.96 bits per heavy atom. The highest BCUT2D eigenvalue weighted by atomic mass is 32.2. The second kappa shape index (κ2) is 8.54. The number of carbonyl (C=O) groups is 1. The van der Waals surface area contributed by atoms with Crippen molar-refractivity contribution in [3.8, 4) is 6.07 Å². The van der Waals surface area contributed by atoms with Gasteiger partial charge < -0.3 is 10.4 Å². The minimum Gasteiger partial charge on any atom is -0.385 e. The van der Waals surface area contributed by atoms with Crippen LogP contribution in [-0.4, -0.2) is 16.1 Å². The molecule has 0 aliphatic rings. The Bertz CT molecular complexity index is 809. The SMILES string of the molecule is CCc1cc(C#N)cc(CC)c1NC(=O)NSc1ncc(C(C)(C)O)s1. The molecule has 0 saturated carbocycles. The lowest BCUT2D eigenvalue weighted by Gasteiger charge is -2.15. The van der Waals surface area contributed by atoms with Crippen molar-refractivity contribution in [2.24, 2.45) is 0 Å². The second-order valence-electron chi connectivity index (χ2n) is 6.20. The van der Waals surface area contributed by atoms with Crippen LogP contribution in [0, 0.1) is 11.3 Å². The van der Waals surface area contributed by atoms with Crippen molar-refractivity contribution < 1.29 is 9.90 Å². The molecule has 0 aliphatic heterocycles. The van der Waals surface area contributed by atoms with Gasteiger partial charge in [0.1, 0.15) is 0 Å². The van der Waals surface area contributed by atoms with E-state index in [1.807, 2.05) is 13.8 Å². The maximum atomic E-state index is 12.3. The van der Waals surface area contributed by atoms with E-state index in [0.29, 0.717) is 22.7 Å². The summed E-state index contributed by atoms with van der Waals surface area (Å²) in [4.78, 5) is 17.2. The van der Waals surface area contributed by atoms with Gasteiger partial charge in [0.25, 0.3) is 0 Å². The first-order chi connectivity index (χ1) is 12.3. The van der Waals surface area contributed by atoms with Crippen LogP contribution in [0.4, 0.5) is 10.5 Å². The van der Waals surface area contributed by atoms with Crippen molar-refractivity contribution in [1.82, 2.24) is 9.71 Å². The average molecular weight is 391 g/mol. The third-order valence-electron chi connectivity index (χ3n) is 3.75. The van der Waals surface area contributed by atoms with E-state index in [4.69, 9.17) is 5.26 Å². The number of hydrogen-bond donors (Lipinski definition) is 3. The largest absolute Gasteiger partial charge is 0.385 e. The van der Waals surface area contributed by atoms with Gasteiger partial charge in [0.05, 0.1) is 22.1 Å². The highest BCUT2D eigenvalue weighted by molar-refractivity contribution is 7.99. The Morgan fingerprint density at radius 1 is 1.35 bits per heavy atom. The predicted molar refractivity (Wildman–Crippen MR) is 105 cm³/mol. The Labute approximate surface area is 161 Å². The number of nitrogens with one attached hydrogen (secondary N) is 2. The fourth-order valence-electron chi connectivity index (χ4n) is 2.37. The number of amides is 2. The Kier molecular flexibility index (Phi) is 6.64. The molecular formula is C18H22N4O2S2. The van der Waals surface area contributed by atoms with E-state index in [0.717, 1.165) is 33.6 Å². The number of aromatic nitrogens is 1. The van der Waals surface area contributed by atoms with Crippen LogP contribution >= 0.6 is 23.3 Å². The number of rotatable bonds is 6. The predicted octanol–water partition coefficient (Wildman–Crippen LogP) is 4.20. The molecule has 1 heterocycles. The molecule has 1 aromatic carbocycles. The van der Waals surface area contributed by atoms with Gasteiger partial charge in [-0.15, -0.1) is 11.3 Å². The summed E-state index contributed by atoms with van der Waals surface area (Å²) in [6, 6.07) is 5.41. The monoisotopic (exact) mass is 390 g/mol. The summed E-state index contributed by atoms with van der Waals surface area (Å²) in [5.41, 5.74) is 2.26. The van der Waals surface area contributed by atoms with Crippen LogP contribution in [0.5, 0.6) is 0 Å². The number of thiazole rings is 1. The zero-order chi connectivity index (χ0) is 19.3. The van der Waals surface area contributed by atoms with Crippen molar-refractivity contribution >= 4 is 35.0 Å². The molecule has 0 radical (unpaired) electrons. The third kappa shape index (κ3) is 4.97. The van der Waals surface area contributed by atoms with Gasteiger partial charge in [0, 0.05) is 23.8 Å². The van der Waals surface area contributed by atoms with E-state index in [1.54, 1.807) is 32.2 Å². The third-order valence-corrected chi connectivity index (χ3v) is 5.92. The summed E-state index contributed by atoms with van der Waals surface area (Å²) >= 11 is 2.43. The van der Waals surface area contributed by atoms with Crippen LogP contribution in [0.1, 0.15) is 49.3 Å². The van der Waals surface area contributed by atoms with Gasteiger partial charge in [-0.25, -0.2) is 9.78 Å². The molecule has 2 amide bonds. The number of urea groups is 1. The van der Waals surface area contributed by atoms with Crippen LogP contribution in [0.25, 0.3) is 0 Å². The molecule has 0 atom stereocenters. The maximum absolute atomic E-state index is 12.3. The molecule has 2 rings (SSSR count). The van der Waals surface area contributed by atoms with Crippen molar-refractivity contribution in [1.29, 1.82) is 5.26 Å². The zero-order valence-electron chi connectivity index (χ0n) is 15.2. The van der Waals surface area contributed by atoms with Crippen molar-refractivity contribution in [2.45, 2.75) is 50.5 Å². The molecule has 138 valence electrons. The van der Waals surface area contributed by atoms with E-state index >= 15 is 0 Å². The Morgan fingerprint density at radius 3 is 2.42 bits per heavy atom. The molecule has 6 nitrogen and oxygen atoms in total. The lowest BCUT2D eigenvalue weighted by Crippen LogP contribution is -2.24. The molecule has 1 aromatic heterocycles. The highest BCUT2D eigenvalue weighted by Gasteiger charge is 2.20. The first-order valence-electron chi connectivity index (χ1n) is 8.26. The molecule has 3 N–H and O–H groups in total. The summed E-state index contributed by atoms with van der Waals surface area (Å²) < 4.78 is 3.35. The second-order valence-corrected chi connectivity index (χ2v) is 8.28. The van der Waals surface area contributed by atoms with Gasteiger partial charge in [-0.2, -0.15) is 5.26 Å². The summed E-state index contributed by atoms with van der Waals surface area (Å²) in [6.45, 7) is 7.36. The number of hydrogen-bond acceptors (Lipinski definition) is 6. The fraction of sp³-hybridized carbons (Fsp3) is 0.389. The molecule has 8 heteroatoms. The van der Waals surface area contributed by atoms with E-state index < -0.39 is 5.60 Å². The van der Waals surface area contributed by atoms with Gasteiger partial charge in [-0.3, -0.25) is 4.72 Å². The first kappa shape index (κ1) is 20.2. The summed E-state index contributed by atoms with van der Waals surface area (Å²) in [5.74, 6) is 0. The number of carbonyl (C=O) groups excluding carboxylic acids is 1. The number of nitriles is 1. The van der Waals surface area contributed by atoms with Gasteiger partial charge in [-0.1, -0.05) is 13.8 Å². The van der Waals surface area contributed by atoms with Gasteiger partial charge in [0.2, 0.25) is 0 Å². The van der Waals surface area contributed by atoms with Crippen LogP contribution in [0.2, 0.25) is 0 Å². The van der Waals surface area contributed by atoms with Crippen molar-refractivity contribution in [2.75, 3.05) is 5.32 Å². The molecule has 0 unspecified atom stereocenters. The first-order valence-corrected chi connectivity index (χ1v) is 9.90. The Hall–Kier alpha value is -2.08. The molecule has 0 saturated heterocycles. The highest BCUT2D eigenvalue weighted by Crippen LogP contribution is 2.30. The van der Waals surface area contributed by atoms with Gasteiger partial charge in [0.15, 0.2) is 4.34 Å². The minimum absolute atomic E-state index is 0.357. The fourth-order valence-corrected chi connectivity index (χ4v) is 3.91. The van der Waals surface area contributed by atoms with Gasteiger partial charge >= 0.3 is 6.03 Å². The summed E-state index contributed by atoms with van der Waals surface area (Å²) in [6.07, 6.45) is 3.04. The standard InChI is InChI=1S/C18H22N4O2S2/c1-5-12-7-11(9-19)8-13(6-2)15(12)21-16(23)22-26-17-20-10-14(25-17)18(3,4)24/h7-8,10,24H,5-6H2,1-4H3,(H2,21,22,23). The number of anilines is 1. The minimum atomic E-state index is -0.951. The molecule has 0 spiro atoms. The van der Waals surface area contributed by atoms with Crippen LogP contribution in [-0.2, 0) is 18.4 Å². The van der Waals surface area contributed by atoms with Crippen LogP contribution in [0.15, 0.2) is 22.7 Å². The molecular weight excluding hydrogens is 368 g/mol. The average Bonchev–Trinajstić information content (AvgIpc) is 3.09. The van der Waals surface area contributed by atoms with Gasteiger partial charge in [-0.05, 0) is 49.9 Å². The van der Waals surface area contributed by atoms with Crippen LogP contribution < -0.4 is 10.0 Å². The number of nitrogens with zero attached hydrogens (tertiary/aromatic N) is 2. The molecule has 2 aromatic rings. The smallest absolute Gasteiger partial charge is 0.329 e. The summed E-state index contributed by atoms with van der Waals surface area (Å²) in [7, 11) is 0. The Balaban J connectivity index is 2.08. The number of aliphatic hydroxyl groups is 1. The lowest BCUT2D eigenvalue weighted by atomic mass is 9.99. The topological polar surface area (TPSA) is 98.0 Å². The quantitative estimate of drug-likeness (QED) is 0.642. The van der Waals surface area contributed by atoms with E-state index in [-0.39, 0.29) is 6.03 Å². The molecule has 0 bridgehead atoms. The number of aryl methyl sites for hydroxylation is 2. The van der Waals surface area contributed by atoms with E-state index in [2.05, 4.69) is 21.1 Å². The van der Waals surface area contributed by atoms with Crippen molar-refractivity contribution in [3.05, 3.63) is 39.9 Å².